The van der Waals surface area contributed by atoms with Crippen molar-refractivity contribution < 1.29 is 35.9 Å². The third-order valence-electron chi connectivity index (χ3n) is 7.27. The molecule has 2 fully saturated rings. The smallest absolute Gasteiger partial charge is 0.475 e. The van der Waals surface area contributed by atoms with Crippen molar-refractivity contribution in [2.45, 2.75) is 42.7 Å². The third-order valence-corrected chi connectivity index (χ3v) is 10.1. The Hall–Kier alpha value is -3.23. The molecular formula is C27H30F4N4O4S2. The van der Waals surface area contributed by atoms with E-state index in [0.717, 1.165) is 30.2 Å². The van der Waals surface area contributed by atoms with Crippen LogP contribution in [0.15, 0.2) is 58.8 Å². The molecule has 222 valence electrons. The fraction of sp³-hybridized carbons (Fsp3) is 0.407. The van der Waals surface area contributed by atoms with Crippen molar-refractivity contribution in [1.29, 1.82) is 0 Å². The number of fused-ring (bicyclic) bond motifs is 2. The van der Waals surface area contributed by atoms with Gasteiger partial charge in [0, 0.05) is 37.6 Å². The zero-order valence-electron chi connectivity index (χ0n) is 22.3. The number of piperidine rings is 1. The molecule has 5 rings (SSSR count). The molecule has 2 aliphatic rings. The van der Waals surface area contributed by atoms with Crippen LogP contribution in [0.5, 0.6) is 0 Å². The molecule has 3 heterocycles. The van der Waals surface area contributed by atoms with E-state index in [2.05, 4.69) is 56.9 Å². The lowest BCUT2D eigenvalue weighted by atomic mass is 9.90. The van der Waals surface area contributed by atoms with E-state index in [1.807, 2.05) is 6.92 Å². The summed E-state index contributed by atoms with van der Waals surface area (Å²) in [5, 5.41) is 7.12. The van der Waals surface area contributed by atoms with Gasteiger partial charge in [-0.25, -0.2) is 18.2 Å². The van der Waals surface area contributed by atoms with Crippen molar-refractivity contribution in [2.24, 2.45) is 11.8 Å². The van der Waals surface area contributed by atoms with E-state index >= 15 is 0 Å². The SMILES string of the molecule is Cc1sc(S(=O)(=O)Nc2cccc(F)n2)cc1N(C)[C@@H]1[C@@H]2CC[C@H]1CN(Cc1ccccc1)C2.O=C(O)C(F)(F)F. The zero-order chi connectivity index (χ0) is 29.9. The van der Waals surface area contributed by atoms with Crippen LogP contribution in [0.1, 0.15) is 23.3 Å². The lowest BCUT2D eigenvalue weighted by Crippen LogP contribution is -2.51. The Balaban J connectivity index is 0.000000493. The first kappa shape index (κ1) is 30.7. The third kappa shape index (κ3) is 7.54. The molecule has 2 aromatic heterocycles. The minimum absolute atomic E-state index is 0.0233. The Morgan fingerprint density at radius 2 is 1.73 bits per heavy atom. The maximum atomic E-state index is 13.4. The van der Waals surface area contributed by atoms with Crippen molar-refractivity contribution in [3.05, 3.63) is 71.0 Å². The number of aliphatic carboxylic acids is 1. The normalized spacial score (nSPS) is 20.7. The maximum absolute atomic E-state index is 13.4. The Kier molecular flexibility index (Phi) is 9.24. The maximum Gasteiger partial charge on any atom is 0.490 e. The first-order valence-corrected chi connectivity index (χ1v) is 15.1. The molecule has 0 unspecified atom stereocenters. The molecule has 0 radical (unpaired) electrons. The van der Waals surface area contributed by atoms with E-state index in [0.29, 0.717) is 17.9 Å². The highest BCUT2D eigenvalue weighted by molar-refractivity contribution is 7.94. The van der Waals surface area contributed by atoms with Crippen LogP contribution in [0.2, 0.25) is 0 Å². The summed E-state index contributed by atoms with van der Waals surface area (Å²) in [6, 6.07) is 16.8. The predicted octanol–water partition coefficient (Wildman–Crippen LogP) is 5.37. The lowest BCUT2D eigenvalue weighted by Gasteiger charge is -2.43. The summed E-state index contributed by atoms with van der Waals surface area (Å²) in [5.74, 6) is -2.39. The summed E-state index contributed by atoms with van der Waals surface area (Å²) in [6.07, 6.45) is -2.68. The number of likely N-dealkylation sites (tertiary alicyclic amines) is 1. The van der Waals surface area contributed by atoms with Gasteiger partial charge in [-0.3, -0.25) is 9.62 Å². The Bertz CT molecular complexity index is 1450. The molecule has 1 saturated heterocycles. The number of carboxylic acid groups (broad SMARTS) is 1. The highest BCUT2D eigenvalue weighted by Crippen LogP contribution is 2.43. The molecule has 0 amide bonds. The molecular weight excluding hydrogens is 584 g/mol. The van der Waals surface area contributed by atoms with Crippen molar-refractivity contribution >= 4 is 38.8 Å². The summed E-state index contributed by atoms with van der Waals surface area (Å²) in [6.45, 7) is 5.05. The number of pyridine rings is 1. The number of halogens is 4. The quantitative estimate of drug-likeness (QED) is 0.273. The molecule has 2 bridgehead atoms. The number of hydrogen-bond donors (Lipinski definition) is 2. The zero-order valence-corrected chi connectivity index (χ0v) is 23.9. The molecule has 0 spiro atoms. The standard InChI is InChI=1S/C25H29FN4O2S2.C2HF3O2/c1-17-21(13-24(33-17)34(31,32)28-23-10-6-9-22(26)27-23)29(2)25-19-11-12-20(25)16-30(15-19)14-18-7-4-3-5-8-18;3-2(4,5)1(6)7/h3-10,13,19-20,25H,11-12,14-16H2,1-2H3,(H,27,28);(H,6,7)/t19-,20+,25-;. The van der Waals surface area contributed by atoms with Gasteiger partial charge in [0.1, 0.15) is 10.0 Å². The molecule has 8 nitrogen and oxygen atoms in total. The number of carbonyl (C=O) groups is 1. The molecule has 1 aliphatic carbocycles. The Morgan fingerprint density at radius 1 is 1.12 bits per heavy atom. The van der Waals surface area contributed by atoms with E-state index in [1.165, 1.54) is 47.9 Å². The van der Waals surface area contributed by atoms with Gasteiger partial charge in [-0.15, -0.1) is 11.3 Å². The fourth-order valence-corrected chi connectivity index (χ4v) is 8.11. The van der Waals surface area contributed by atoms with Crippen molar-refractivity contribution in [3.63, 3.8) is 0 Å². The lowest BCUT2D eigenvalue weighted by molar-refractivity contribution is -0.192. The topological polar surface area (TPSA) is 103 Å². The molecule has 1 aliphatic heterocycles. The van der Waals surface area contributed by atoms with Crippen LogP contribution in [0.3, 0.4) is 0 Å². The average Bonchev–Trinajstić information content (AvgIpc) is 3.41. The first-order valence-electron chi connectivity index (χ1n) is 12.8. The highest BCUT2D eigenvalue weighted by atomic mass is 32.2. The predicted molar refractivity (Wildman–Crippen MR) is 148 cm³/mol. The van der Waals surface area contributed by atoms with Gasteiger partial charge in [0.05, 0.1) is 5.69 Å². The van der Waals surface area contributed by atoms with Crippen LogP contribution in [0.4, 0.5) is 29.1 Å². The number of aryl methyl sites for hydroxylation is 1. The monoisotopic (exact) mass is 614 g/mol. The van der Waals surface area contributed by atoms with Gasteiger partial charge in [-0.05, 0) is 55.4 Å². The number of carboxylic acids is 1. The number of sulfonamides is 1. The number of benzene rings is 1. The number of hydrogen-bond acceptors (Lipinski definition) is 7. The number of rotatable bonds is 7. The second-order valence-electron chi connectivity index (χ2n) is 10.1. The number of aromatic nitrogens is 1. The molecule has 1 saturated carbocycles. The van der Waals surface area contributed by atoms with E-state index in [9.17, 15) is 26.0 Å². The van der Waals surface area contributed by atoms with Gasteiger partial charge >= 0.3 is 12.1 Å². The number of alkyl halides is 3. The second kappa shape index (κ2) is 12.3. The van der Waals surface area contributed by atoms with E-state index in [-0.39, 0.29) is 10.0 Å². The van der Waals surface area contributed by atoms with Gasteiger partial charge in [-0.2, -0.15) is 17.6 Å². The first-order chi connectivity index (χ1) is 19.2. The van der Waals surface area contributed by atoms with Crippen molar-refractivity contribution in [2.75, 3.05) is 29.8 Å². The molecule has 41 heavy (non-hydrogen) atoms. The minimum Gasteiger partial charge on any atom is -0.475 e. The summed E-state index contributed by atoms with van der Waals surface area (Å²) < 4.78 is 73.6. The van der Waals surface area contributed by atoms with Crippen LogP contribution in [0.25, 0.3) is 0 Å². The van der Waals surface area contributed by atoms with Crippen LogP contribution in [-0.4, -0.2) is 61.7 Å². The van der Waals surface area contributed by atoms with Crippen LogP contribution >= 0.6 is 11.3 Å². The highest BCUT2D eigenvalue weighted by Gasteiger charge is 2.44. The summed E-state index contributed by atoms with van der Waals surface area (Å²) in [4.78, 5) is 18.3. The van der Waals surface area contributed by atoms with Gasteiger partial charge in [0.2, 0.25) is 5.95 Å². The van der Waals surface area contributed by atoms with E-state index < -0.39 is 28.1 Å². The molecule has 14 heteroatoms. The number of nitrogens with zero attached hydrogens (tertiary/aromatic N) is 3. The summed E-state index contributed by atoms with van der Waals surface area (Å²) in [7, 11) is -1.75. The summed E-state index contributed by atoms with van der Waals surface area (Å²) >= 11 is 1.24. The molecule has 3 atom stereocenters. The van der Waals surface area contributed by atoms with Crippen LogP contribution < -0.4 is 9.62 Å². The van der Waals surface area contributed by atoms with Gasteiger partial charge in [-0.1, -0.05) is 36.4 Å². The van der Waals surface area contributed by atoms with E-state index in [1.54, 1.807) is 6.07 Å². The van der Waals surface area contributed by atoms with Crippen molar-refractivity contribution in [1.82, 2.24) is 9.88 Å². The fourth-order valence-electron chi connectivity index (χ4n) is 5.64. The Morgan fingerprint density at radius 3 is 2.29 bits per heavy atom. The largest absolute Gasteiger partial charge is 0.490 e. The number of thiophene rings is 1. The van der Waals surface area contributed by atoms with E-state index in [4.69, 9.17) is 9.90 Å². The Labute approximate surface area is 239 Å². The van der Waals surface area contributed by atoms with Gasteiger partial charge in [0.15, 0.2) is 0 Å². The van der Waals surface area contributed by atoms with Gasteiger partial charge in [0.25, 0.3) is 10.0 Å². The number of anilines is 2. The van der Waals surface area contributed by atoms with Crippen molar-refractivity contribution in [3.8, 4) is 0 Å². The molecule has 1 aromatic carbocycles. The molecule has 3 aromatic rings. The van der Waals surface area contributed by atoms with Crippen LogP contribution in [0, 0.1) is 24.7 Å². The number of nitrogens with one attached hydrogen (secondary N) is 1. The van der Waals surface area contributed by atoms with Crippen LogP contribution in [-0.2, 0) is 21.4 Å². The second-order valence-corrected chi connectivity index (χ2v) is 13.3. The summed E-state index contributed by atoms with van der Waals surface area (Å²) in [5.41, 5.74) is 2.30. The average molecular weight is 615 g/mol. The minimum atomic E-state index is -5.08. The molecule has 2 N–H and O–H groups in total. The van der Waals surface area contributed by atoms with Gasteiger partial charge < -0.3 is 10.0 Å².